The first-order chi connectivity index (χ1) is 8.10. The Hall–Kier alpha value is -0.0100. The van der Waals surface area contributed by atoms with Crippen molar-refractivity contribution in [3.8, 4) is 0 Å². The maximum absolute atomic E-state index is 6.79. The number of hydrogen-bond donors (Lipinski definition) is 0. The van der Waals surface area contributed by atoms with Crippen molar-refractivity contribution in [1.29, 1.82) is 0 Å². The minimum absolute atomic E-state index is 0.113. The fraction of sp³-hybridized carbons (Fsp3) is 0.625. The van der Waals surface area contributed by atoms with Crippen LogP contribution in [0.3, 0.4) is 0 Å². The van der Waals surface area contributed by atoms with E-state index in [4.69, 9.17) is 11.6 Å². The minimum atomic E-state index is 0.113. The van der Waals surface area contributed by atoms with Crippen LogP contribution in [0.2, 0.25) is 0 Å². The van der Waals surface area contributed by atoms with Gasteiger partial charge in [0.25, 0.3) is 0 Å². The van der Waals surface area contributed by atoms with Crippen LogP contribution in [0.1, 0.15) is 49.8 Å². The monoisotopic (exact) mass is 328 g/mol. The quantitative estimate of drug-likeness (QED) is 0.581. The third-order valence-electron chi connectivity index (χ3n) is 5.27. The highest BCUT2D eigenvalue weighted by atomic mass is 79.9. The van der Waals surface area contributed by atoms with Gasteiger partial charge in [0.2, 0.25) is 0 Å². The van der Waals surface area contributed by atoms with Gasteiger partial charge in [0, 0.05) is 4.47 Å². The van der Waals surface area contributed by atoms with Crippen LogP contribution in [0.5, 0.6) is 0 Å². The molecule has 1 aliphatic carbocycles. The van der Waals surface area contributed by atoms with Crippen LogP contribution >= 0.6 is 27.5 Å². The van der Waals surface area contributed by atoms with Gasteiger partial charge in [-0.25, -0.2) is 0 Å². The van der Waals surface area contributed by atoms with E-state index in [1.165, 1.54) is 21.2 Å². The maximum Gasteiger partial charge on any atom is 0.0626 e. The molecule has 0 radical (unpaired) electrons. The summed E-state index contributed by atoms with van der Waals surface area (Å²) in [4.78, 5) is 0. The topological polar surface area (TPSA) is 0 Å². The summed E-state index contributed by atoms with van der Waals surface area (Å²) < 4.78 is 1.17. The third-order valence-corrected chi connectivity index (χ3v) is 6.61. The fourth-order valence-corrected chi connectivity index (χ4v) is 4.58. The first kappa shape index (κ1) is 14.4. The Kier molecular flexibility index (Phi) is 3.40. The smallest absolute Gasteiger partial charge is 0.0626 e. The van der Waals surface area contributed by atoms with Crippen molar-refractivity contribution >= 4 is 27.5 Å². The molecule has 1 aromatic carbocycles. The van der Waals surface area contributed by atoms with Gasteiger partial charge in [-0.3, -0.25) is 0 Å². The van der Waals surface area contributed by atoms with Crippen LogP contribution in [0, 0.1) is 30.6 Å². The Morgan fingerprint density at radius 2 is 1.56 bits per heavy atom. The molecule has 1 aromatic rings. The van der Waals surface area contributed by atoms with Crippen molar-refractivity contribution in [2.75, 3.05) is 0 Å². The van der Waals surface area contributed by atoms with Crippen LogP contribution < -0.4 is 0 Å². The molecule has 0 N–H and O–H groups in total. The molecule has 0 saturated heterocycles. The molecule has 1 fully saturated rings. The highest BCUT2D eigenvalue weighted by molar-refractivity contribution is 9.10. The van der Waals surface area contributed by atoms with Crippen molar-refractivity contribution in [1.82, 2.24) is 0 Å². The van der Waals surface area contributed by atoms with E-state index >= 15 is 0 Å². The van der Waals surface area contributed by atoms with Crippen molar-refractivity contribution in [3.05, 3.63) is 33.3 Å². The van der Waals surface area contributed by atoms with E-state index in [-0.39, 0.29) is 5.38 Å². The van der Waals surface area contributed by atoms with E-state index in [9.17, 15) is 0 Å². The molecule has 0 spiro atoms. The van der Waals surface area contributed by atoms with Gasteiger partial charge in [-0.15, -0.1) is 11.6 Å². The third kappa shape index (κ3) is 1.94. The average Bonchev–Trinajstić information content (AvgIpc) is 2.62. The predicted molar refractivity (Wildman–Crippen MR) is 83.3 cm³/mol. The first-order valence-corrected chi connectivity index (χ1v) is 7.74. The zero-order valence-corrected chi connectivity index (χ0v) is 14.4. The zero-order chi connectivity index (χ0) is 13.9. The second-order valence-electron chi connectivity index (χ2n) is 6.78. The molecule has 0 aromatic heterocycles. The maximum atomic E-state index is 6.79. The van der Waals surface area contributed by atoms with Crippen LogP contribution in [0.4, 0.5) is 0 Å². The molecule has 2 rings (SSSR count). The van der Waals surface area contributed by atoms with Crippen LogP contribution in [0.25, 0.3) is 0 Å². The van der Waals surface area contributed by atoms with Gasteiger partial charge >= 0.3 is 0 Å². The zero-order valence-electron chi connectivity index (χ0n) is 12.1. The molecular weight excluding hydrogens is 308 g/mol. The predicted octanol–water partition coefficient (Wildman–Crippen LogP) is 6.03. The summed E-state index contributed by atoms with van der Waals surface area (Å²) in [5.74, 6) is 0.547. The van der Waals surface area contributed by atoms with Gasteiger partial charge in [-0.1, -0.05) is 49.7 Å². The number of aryl methyl sites for hydroxylation is 2. The van der Waals surface area contributed by atoms with E-state index in [0.29, 0.717) is 16.7 Å². The molecule has 1 unspecified atom stereocenters. The van der Waals surface area contributed by atoms with Crippen molar-refractivity contribution in [2.45, 2.75) is 46.9 Å². The van der Waals surface area contributed by atoms with Gasteiger partial charge in [-0.05, 0) is 53.4 Å². The Bertz CT molecular complexity index is 474. The molecule has 0 heterocycles. The largest absolute Gasteiger partial charge is 0.117 e. The highest BCUT2D eigenvalue weighted by Gasteiger charge is 2.67. The molecule has 0 amide bonds. The van der Waals surface area contributed by atoms with Gasteiger partial charge in [0.05, 0.1) is 5.38 Å². The molecule has 18 heavy (non-hydrogen) atoms. The molecule has 0 aliphatic heterocycles. The standard InChI is InChI=1S/C16H22BrCl/c1-9-8-12(17)10(2)7-11(9)13(18)14-15(3,4)16(14,5)6/h7-8,13-14H,1-6H3. The molecular formula is C16H22BrCl. The van der Waals surface area contributed by atoms with Crippen LogP contribution in [-0.2, 0) is 0 Å². The lowest BCUT2D eigenvalue weighted by atomic mass is 9.96. The van der Waals surface area contributed by atoms with Crippen LogP contribution in [-0.4, -0.2) is 0 Å². The Labute approximate surface area is 124 Å². The van der Waals surface area contributed by atoms with E-state index in [0.717, 1.165) is 0 Å². The lowest BCUT2D eigenvalue weighted by molar-refractivity contribution is 0.457. The average molecular weight is 330 g/mol. The molecule has 1 aliphatic rings. The number of benzene rings is 1. The normalized spacial score (nSPS) is 22.9. The molecule has 1 saturated carbocycles. The number of halogens is 2. The Morgan fingerprint density at radius 1 is 1.06 bits per heavy atom. The summed E-state index contributed by atoms with van der Waals surface area (Å²) >= 11 is 10.4. The number of hydrogen-bond acceptors (Lipinski definition) is 0. The van der Waals surface area contributed by atoms with Gasteiger partial charge < -0.3 is 0 Å². The van der Waals surface area contributed by atoms with Crippen molar-refractivity contribution in [2.24, 2.45) is 16.7 Å². The summed E-state index contributed by atoms with van der Waals surface area (Å²) in [6.45, 7) is 13.6. The fourth-order valence-electron chi connectivity index (χ4n) is 3.26. The van der Waals surface area contributed by atoms with Gasteiger partial charge in [-0.2, -0.15) is 0 Å². The van der Waals surface area contributed by atoms with Crippen molar-refractivity contribution < 1.29 is 0 Å². The first-order valence-electron chi connectivity index (χ1n) is 6.51. The number of alkyl halides is 1. The number of rotatable bonds is 2. The SMILES string of the molecule is Cc1cc(C(Cl)C2C(C)(C)C2(C)C)c(C)cc1Br. The summed E-state index contributed by atoms with van der Waals surface area (Å²) in [7, 11) is 0. The van der Waals surface area contributed by atoms with E-state index in [2.05, 4.69) is 69.6 Å². The lowest BCUT2D eigenvalue weighted by Crippen LogP contribution is -2.02. The van der Waals surface area contributed by atoms with Crippen LogP contribution in [0.15, 0.2) is 16.6 Å². The molecule has 0 nitrogen and oxygen atoms in total. The molecule has 1 atom stereocenters. The summed E-state index contributed by atoms with van der Waals surface area (Å²) in [5, 5.41) is 0.113. The lowest BCUT2D eigenvalue weighted by Gasteiger charge is -2.16. The van der Waals surface area contributed by atoms with E-state index in [1.807, 2.05) is 0 Å². The van der Waals surface area contributed by atoms with Gasteiger partial charge in [0.1, 0.15) is 0 Å². The minimum Gasteiger partial charge on any atom is -0.117 e. The highest BCUT2D eigenvalue weighted by Crippen LogP contribution is 2.73. The van der Waals surface area contributed by atoms with E-state index < -0.39 is 0 Å². The molecule has 2 heteroatoms. The van der Waals surface area contributed by atoms with E-state index in [1.54, 1.807) is 0 Å². The van der Waals surface area contributed by atoms with Crippen molar-refractivity contribution in [3.63, 3.8) is 0 Å². The molecule has 100 valence electrons. The molecule has 0 bridgehead atoms. The summed E-state index contributed by atoms with van der Waals surface area (Å²) in [5.41, 5.74) is 4.49. The Morgan fingerprint density at radius 3 is 2.00 bits per heavy atom. The Balaban J connectivity index is 2.37. The summed E-state index contributed by atoms with van der Waals surface area (Å²) in [6, 6.07) is 4.42. The summed E-state index contributed by atoms with van der Waals surface area (Å²) in [6.07, 6.45) is 0. The second kappa shape index (κ2) is 4.24. The second-order valence-corrected chi connectivity index (χ2v) is 8.11. The van der Waals surface area contributed by atoms with Gasteiger partial charge in [0.15, 0.2) is 0 Å².